The number of hydrogen-bond acceptors (Lipinski definition) is 1. The second-order valence-corrected chi connectivity index (χ2v) is 4.34. The van der Waals surface area contributed by atoms with Crippen LogP contribution in [0.1, 0.15) is 5.56 Å². The van der Waals surface area contributed by atoms with Crippen LogP contribution in [0, 0.1) is 0 Å². The minimum atomic E-state index is 0.557. The van der Waals surface area contributed by atoms with Crippen molar-refractivity contribution in [1.29, 1.82) is 0 Å². The molecule has 2 aromatic carbocycles. The smallest absolute Gasteiger partial charge is 0.0598 e. The predicted molar refractivity (Wildman–Crippen MR) is 69.8 cm³/mol. The highest BCUT2D eigenvalue weighted by atomic mass is 35.5. The SMILES string of the molecule is NCc1ccc(-c2ccc(Cl)c(Cl)c2)cc1. The molecule has 0 aromatic heterocycles. The van der Waals surface area contributed by atoms with Crippen molar-refractivity contribution in [2.45, 2.75) is 6.54 Å². The molecule has 0 aliphatic heterocycles. The molecule has 2 aromatic rings. The average Bonchev–Trinajstić information content (AvgIpc) is 2.33. The summed E-state index contributed by atoms with van der Waals surface area (Å²) in [6, 6.07) is 13.7. The number of nitrogens with two attached hydrogens (primary N) is 1. The van der Waals surface area contributed by atoms with Crippen molar-refractivity contribution in [2.75, 3.05) is 0 Å². The molecule has 0 saturated carbocycles. The van der Waals surface area contributed by atoms with Gasteiger partial charge in [0.05, 0.1) is 10.0 Å². The first-order valence-electron chi connectivity index (χ1n) is 4.95. The minimum Gasteiger partial charge on any atom is -0.326 e. The van der Waals surface area contributed by atoms with Gasteiger partial charge in [0.25, 0.3) is 0 Å². The maximum Gasteiger partial charge on any atom is 0.0598 e. The summed E-state index contributed by atoms with van der Waals surface area (Å²) in [6.45, 7) is 0.557. The van der Waals surface area contributed by atoms with Gasteiger partial charge in [-0.25, -0.2) is 0 Å². The molecule has 0 saturated heterocycles. The van der Waals surface area contributed by atoms with E-state index >= 15 is 0 Å². The summed E-state index contributed by atoms with van der Waals surface area (Å²) < 4.78 is 0. The molecule has 0 amide bonds. The highest BCUT2D eigenvalue weighted by molar-refractivity contribution is 6.42. The molecule has 2 rings (SSSR count). The molecule has 0 spiro atoms. The Labute approximate surface area is 105 Å². The molecule has 82 valence electrons. The summed E-state index contributed by atoms with van der Waals surface area (Å²) >= 11 is 11.8. The van der Waals surface area contributed by atoms with Crippen LogP contribution in [0.4, 0.5) is 0 Å². The maximum atomic E-state index is 5.97. The molecule has 0 fully saturated rings. The van der Waals surface area contributed by atoms with Gasteiger partial charge in [-0.05, 0) is 28.8 Å². The van der Waals surface area contributed by atoms with Gasteiger partial charge in [0.2, 0.25) is 0 Å². The van der Waals surface area contributed by atoms with Gasteiger partial charge in [0, 0.05) is 6.54 Å². The predicted octanol–water partition coefficient (Wildman–Crippen LogP) is 4.12. The van der Waals surface area contributed by atoms with Crippen molar-refractivity contribution in [3.63, 3.8) is 0 Å². The Morgan fingerprint density at radius 1 is 0.812 bits per heavy atom. The van der Waals surface area contributed by atoms with E-state index < -0.39 is 0 Å². The fourth-order valence-electron chi connectivity index (χ4n) is 1.51. The average molecular weight is 252 g/mol. The summed E-state index contributed by atoms with van der Waals surface area (Å²) in [5.74, 6) is 0. The van der Waals surface area contributed by atoms with E-state index in [1.165, 1.54) is 0 Å². The molecule has 0 bridgehead atoms. The van der Waals surface area contributed by atoms with E-state index in [0.717, 1.165) is 16.7 Å². The summed E-state index contributed by atoms with van der Waals surface area (Å²) in [6.07, 6.45) is 0. The Morgan fingerprint density at radius 2 is 1.44 bits per heavy atom. The third kappa shape index (κ3) is 2.38. The molecule has 0 aliphatic carbocycles. The van der Waals surface area contributed by atoms with Crippen LogP contribution in [0.3, 0.4) is 0 Å². The van der Waals surface area contributed by atoms with Gasteiger partial charge in [-0.15, -0.1) is 0 Å². The van der Waals surface area contributed by atoms with Crippen molar-refractivity contribution >= 4 is 23.2 Å². The normalized spacial score (nSPS) is 10.4. The van der Waals surface area contributed by atoms with Gasteiger partial charge in [-0.2, -0.15) is 0 Å². The molecule has 0 radical (unpaired) electrons. The highest BCUT2D eigenvalue weighted by Crippen LogP contribution is 2.28. The van der Waals surface area contributed by atoms with E-state index in [1.807, 2.05) is 36.4 Å². The largest absolute Gasteiger partial charge is 0.326 e. The van der Waals surface area contributed by atoms with Crippen LogP contribution in [0.25, 0.3) is 11.1 Å². The third-order valence-corrected chi connectivity index (χ3v) is 3.18. The molecule has 3 heteroatoms. The van der Waals surface area contributed by atoms with Crippen molar-refractivity contribution in [2.24, 2.45) is 5.73 Å². The first kappa shape index (κ1) is 11.5. The van der Waals surface area contributed by atoms with Gasteiger partial charge in [-0.3, -0.25) is 0 Å². The summed E-state index contributed by atoms with van der Waals surface area (Å²) in [7, 11) is 0. The van der Waals surface area contributed by atoms with Gasteiger partial charge in [0.1, 0.15) is 0 Å². The van der Waals surface area contributed by atoms with E-state index in [4.69, 9.17) is 28.9 Å². The van der Waals surface area contributed by atoms with Gasteiger partial charge in [-0.1, -0.05) is 53.5 Å². The van der Waals surface area contributed by atoms with Gasteiger partial charge >= 0.3 is 0 Å². The van der Waals surface area contributed by atoms with Gasteiger partial charge < -0.3 is 5.73 Å². The summed E-state index contributed by atoms with van der Waals surface area (Å²) in [4.78, 5) is 0. The fraction of sp³-hybridized carbons (Fsp3) is 0.0769. The monoisotopic (exact) mass is 251 g/mol. The first-order chi connectivity index (χ1) is 7.70. The lowest BCUT2D eigenvalue weighted by atomic mass is 10.0. The lowest BCUT2D eigenvalue weighted by molar-refractivity contribution is 1.07. The number of benzene rings is 2. The van der Waals surface area contributed by atoms with E-state index in [0.29, 0.717) is 16.6 Å². The van der Waals surface area contributed by atoms with Crippen LogP contribution in [-0.2, 0) is 6.54 Å². The van der Waals surface area contributed by atoms with Crippen molar-refractivity contribution in [3.05, 3.63) is 58.1 Å². The van der Waals surface area contributed by atoms with Crippen LogP contribution in [0.2, 0.25) is 10.0 Å². The lowest BCUT2D eigenvalue weighted by Gasteiger charge is -2.04. The summed E-state index contributed by atoms with van der Waals surface area (Å²) in [5.41, 5.74) is 8.82. The second kappa shape index (κ2) is 4.88. The van der Waals surface area contributed by atoms with Crippen molar-refractivity contribution < 1.29 is 0 Å². The van der Waals surface area contributed by atoms with E-state index in [9.17, 15) is 0 Å². The molecule has 0 unspecified atom stereocenters. The van der Waals surface area contributed by atoms with Crippen molar-refractivity contribution in [1.82, 2.24) is 0 Å². The molecular weight excluding hydrogens is 241 g/mol. The molecule has 16 heavy (non-hydrogen) atoms. The van der Waals surface area contributed by atoms with Crippen LogP contribution >= 0.6 is 23.2 Å². The zero-order valence-electron chi connectivity index (χ0n) is 8.58. The molecule has 2 N–H and O–H groups in total. The topological polar surface area (TPSA) is 26.0 Å². The Kier molecular flexibility index (Phi) is 3.49. The van der Waals surface area contributed by atoms with E-state index in [1.54, 1.807) is 6.07 Å². The number of rotatable bonds is 2. The maximum absolute atomic E-state index is 5.97. The quantitative estimate of drug-likeness (QED) is 0.854. The zero-order chi connectivity index (χ0) is 11.5. The van der Waals surface area contributed by atoms with Crippen LogP contribution in [0.15, 0.2) is 42.5 Å². The standard InChI is InChI=1S/C13H11Cl2N/c14-12-6-5-11(7-13(12)15)10-3-1-9(8-16)2-4-10/h1-7H,8,16H2. The summed E-state index contributed by atoms with van der Waals surface area (Å²) in [5, 5.41) is 1.14. The van der Waals surface area contributed by atoms with E-state index in [2.05, 4.69) is 0 Å². The first-order valence-corrected chi connectivity index (χ1v) is 5.71. The second-order valence-electron chi connectivity index (χ2n) is 3.53. The molecule has 0 heterocycles. The minimum absolute atomic E-state index is 0.557. The molecule has 0 atom stereocenters. The van der Waals surface area contributed by atoms with Crippen LogP contribution in [-0.4, -0.2) is 0 Å². The Hall–Kier alpha value is -1.02. The number of halogens is 2. The Balaban J connectivity index is 2.38. The Morgan fingerprint density at radius 3 is 2.00 bits per heavy atom. The van der Waals surface area contributed by atoms with Crippen LogP contribution in [0.5, 0.6) is 0 Å². The van der Waals surface area contributed by atoms with Crippen LogP contribution < -0.4 is 5.73 Å². The number of hydrogen-bond donors (Lipinski definition) is 1. The third-order valence-electron chi connectivity index (χ3n) is 2.44. The lowest BCUT2D eigenvalue weighted by Crippen LogP contribution is -1.95. The zero-order valence-corrected chi connectivity index (χ0v) is 10.1. The Bertz CT molecular complexity index is 492. The fourth-order valence-corrected chi connectivity index (χ4v) is 1.81. The van der Waals surface area contributed by atoms with Crippen molar-refractivity contribution in [3.8, 4) is 11.1 Å². The van der Waals surface area contributed by atoms with E-state index in [-0.39, 0.29) is 0 Å². The molecule has 1 nitrogen and oxygen atoms in total. The molecular formula is C13H11Cl2N. The highest BCUT2D eigenvalue weighted by Gasteiger charge is 2.01. The molecule has 0 aliphatic rings. The van der Waals surface area contributed by atoms with Gasteiger partial charge in [0.15, 0.2) is 0 Å².